The smallest absolute Gasteiger partial charge is 0.256 e. The highest BCUT2D eigenvalue weighted by Gasteiger charge is 2.31. The molecule has 0 aliphatic heterocycles. The van der Waals surface area contributed by atoms with Gasteiger partial charge in [-0.1, -0.05) is 72.9 Å². The summed E-state index contributed by atoms with van der Waals surface area (Å²) < 4.78 is 0. The van der Waals surface area contributed by atoms with Crippen molar-refractivity contribution in [3.8, 4) is 0 Å². The number of nitrogens with two attached hydrogens (primary N) is 1. The molecule has 0 unspecified atom stereocenters. The van der Waals surface area contributed by atoms with Crippen molar-refractivity contribution in [3.63, 3.8) is 0 Å². The number of hydrogen-bond donors (Lipinski definition) is 3. The first-order chi connectivity index (χ1) is 19.7. The van der Waals surface area contributed by atoms with Crippen LogP contribution < -0.4 is 16.4 Å². The van der Waals surface area contributed by atoms with Gasteiger partial charge in [-0.3, -0.25) is 15.3 Å². The van der Waals surface area contributed by atoms with Gasteiger partial charge in [0.15, 0.2) is 5.79 Å². The van der Waals surface area contributed by atoms with Gasteiger partial charge in [0.1, 0.15) is 0 Å². The average molecular weight is 582 g/mol. The van der Waals surface area contributed by atoms with Crippen molar-refractivity contribution in [1.82, 2.24) is 20.6 Å². The van der Waals surface area contributed by atoms with Crippen LogP contribution >= 0.6 is 23.2 Å². The van der Waals surface area contributed by atoms with Crippen LogP contribution in [-0.4, -0.2) is 27.6 Å². The fourth-order valence-electron chi connectivity index (χ4n) is 5.15. The van der Waals surface area contributed by atoms with Crippen LogP contribution in [0.15, 0.2) is 84.9 Å². The molecule has 4 aromatic carbocycles. The molecule has 2 heterocycles. The summed E-state index contributed by atoms with van der Waals surface area (Å²) in [6, 6.07) is 25.8. The van der Waals surface area contributed by atoms with E-state index in [2.05, 4.69) is 10.6 Å². The second kappa shape index (κ2) is 10.6. The lowest BCUT2D eigenvalue weighted by molar-refractivity contribution is 0.0797. The van der Waals surface area contributed by atoms with Crippen LogP contribution in [0.2, 0.25) is 10.0 Å². The number of carbonyl (C=O) groups is 2. The van der Waals surface area contributed by atoms with Gasteiger partial charge < -0.3 is 10.6 Å². The normalized spacial score (nSPS) is 11.8. The van der Waals surface area contributed by atoms with Crippen LogP contribution in [-0.2, 0) is 0 Å². The maximum atomic E-state index is 13.7. The predicted molar refractivity (Wildman–Crippen MR) is 165 cm³/mol. The first kappa shape index (κ1) is 26.9. The number of hydrogen-bond acceptors (Lipinski definition) is 5. The Balaban J connectivity index is 1.36. The van der Waals surface area contributed by atoms with Gasteiger partial charge in [0.25, 0.3) is 11.8 Å². The molecule has 0 bridgehead atoms. The molecule has 0 spiro atoms. The maximum Gasteiger partial charge on any atom is 0.256 e. The van der Waals surface area contributed by atoms with Crippen LogP contribution in [0.3, 0.4) is 0 Å². The molecule has 2 amide bonds. The summed E-state index contributed by atoms with van der Waals surface area (Å²) in [6.07, 6.45) is 0.837. The molecule has 0 saturated heterocycles. The highest BCUT2D eigenvalue weighted by molar-refractivity contribution is 6.32. The lowest BCUT2D eigenvalue weighted by Crippen LogP contribution is -2.67. The maximum absolute atomic E-state index is 13.7. The Kier molecular flexibility index (Phi) is 6.95. The molecular weight excluding hydrogens is 557 g/mol. The molecule has 0 aliphatic carbocycles. The van der Waals surface area contributed by atoms with E-state index in [0.717, 1.165) is 21.8 Å². The number of nitrogens with zero attached hydrogens (tertiary/aromatic N) is 2. The molecule has 41 heavy (non-hydrogen) atoms. The number of para-hydroxylation sites is 2. The van der Waals surface area contributed by atoms with E-state index in [1.165, 1.54) is 0 Å². The van der Waals surface area contributed by atoms with Crippen molar-refractivity contribution in [2.24, 2.45) is 5.73 Å². The summed E-state index contributed by atoms with van der Waals surface area (Å²) in [6.45, 7) is 1.91. The van der Waals surface area contributed by atoms with Crippen molar-refractivity contribution in [2.45, 2.75) is 25.6 Å². The van der Waals surface area contributed by atoms with E-state index < -0.39 is 17.6 Å². The number of carbonyl (C=O) groups excluding carboxylic acids is 2. The zero-order valence-corrected chi connectivity index (χ0v) is 23.6. The summed E-state index contributed by atoms with van der Waals surface area (Å²) in [5, 5.41) is 9.69. The second-order valence-electron chi connectivity index (χ2n) is 10.0. The van der Waals surface area contributed by atoms with Crippen LogP contribution in [0, 0.1) is 0 Å². The van der Waals surface area contributed by atoms with Crippen LogP contribution in [0.25, 0.3) is 43.6 Å². The minimum atomic E-state index is -1.58. The summed E-state index contributed by atoms with van der Waals surface area (Å²) in [7, 11) is 0. The minimum Gasteiger partial charge on any atom is -0.317 e. The van der Waals surface area contributed by atoms with Crippen molar-refractivity contribution < 1.29 is 9.59 Å². The summed E-state index contributed by atoms with van der Waals surface area (Å²) in [5.41, 5.74) is 9.60. The van der Waals surface area contributed by atoms with Crippen LogP contribution in [0.4, 0.5) is 0 Å². The predicted octanol–water partition coefficient (Wildman–Crippen LogP) is 6.97. The number of nitrogens with one attached hydrogen (secondary N) is 2. The van der Waals surface area contributed by atoms with Gasteiger partial charge in [-0.25, -0.2) is 9.97 Å². The molecule has 0 atom stereocenters. The third-order valence-electron chi connectivity index (χ3n) is 6.98. The van der Waals surface area contributed by atoms with Crippen LogP contribution in [0.1, 0.15) is 40.5 Å². The van der Waals surface area contributed by atoms with E-state index in [9.17, 15) is 9.59 Å². The molecule has 2 aromatic heterocycles. The highest BCUT2D eigenvalue weighted by atomic mass is 35.5. The summed E-state index contributed by atoms with van der Waals surface area (Å²) in [4.78, 5) is 36.8. The number of halogens is 2. The first-order valence-electron chi connectivity index (χ1n) is 13.1. The molecule has 9 heteroatoms. The zero-order chi connectivity index (χ0) is 28.7. The molecule has 7 nitrogen and oxygen atoms in total. The van der Waals surface area contributed by atoms with E-state index in [1.807, 2.05) is 67.6 Å². The number of fused-ring (bicyclic) bond motifs is 4. The Bertz CT molecular complexity index is 1870. The molecule has 6 rings (SSSR count). The van der Waals surface area contributed by atoms with E-state index in [4.69, 9.17) is 38.9 Å². The van der Waals surface area contributed by atoms with E-state index in [1.54, 1.807) is 24.3 Å². The molecule has 0 fully saturated rings. The SMILES string of the molecule is CCCC(N)(NC(=O)c1cc(Cl)cc2cc3ccccc3nc12)NC(=O)c1cc(Cl)cc2cc3ccccc3nc12. The number of pyridine rings is 2. The van der Waals surface area contributed by atoms with Crippen LogP contribution in [0.5, 0.6) is 0 Å². The van der Waals surface area contributed by atoms with Gasteiger partial charge in [-0.05, 0) is 48.5 Å². The topological polar surface area (TPSA) is 110 Å². The largest absolute Gasteiger partial charge is 0.317 e. The van der Waals surface area contributed by atoms with Crippen molar-refractivity contribution in [2.75, 3.05) is 0 Å². The quantitative estimate of drug-likeness (QED) is 0.145. The van der Waals surface area contributed by atoms with E-state index in [0.29, 0.717) is 38.3 Å². The molecule has 204 valence electrons. The number of benzene rings is 4. The molecule has 6 aromatic rings. The minimum absolute atomic E-state index is 0.250. The Morgan fingerprint density at radius 2 is 1.15 bits per heavy atom. The third-order valence-corrected chi connectivity index (χ3v) is 7.41. The van der Waals surface area contributed by atoms with E-state index >= 15 is 0 Å². The summed E-state index contributed by atoms with van der Waals surface area (Å²) in [5.74, 6) is -2.62. The first-order valence-corrected chi connectivity index (χ1v) is 13.9. The van der Waals surface area contributed by atoms with Gasteiger partial charge in [0, 0.05) is 38.0 Å². The molecule has 0 saturated carbocycles. The molecule has 0 radical (unpaired) electrons. The molecule has 0 aliphatic rings. The standard InChI is InChI=1S/C32H25Cl2N5O2/c1-2-11-32(35,38-30(40)24-16-22(33)14-20-12-18-7-3-5-9-26(18)36-28(20)24)39-31(41)25-17-23(34)15-21-13-19-8-4-6-10-27(19)37-29(21)25/h3-10,12-17H,2,11,35H2,1H3,(H,38,40)(H,39,41). The number of amides is 2. The molecular formula is C32H25Cl2N5O2. The van der Waals surface area contributed by atoms with E-state index in [-0.39, 0.29) is 17.5 Å². The molecule has 4 N–H and O–H groups in total. The lowest BCUT2D eigenvalue weighted by atomic mass is 10.0. The Morgan fingerprint density at radius 1 is 0.707 bits per heavy atom. The Morgan fingerprint density at radius 3 is 1.59 bits per heavy atom. The second-order valence-corrected chi connectivity index (χ2v) is 10.9. The van der Waals surface area contributed by atoms with Crippen molar-refractivity contribution >= 4 is 78.6 Å². The van der Waals surface area contributed by atoms with Crippen molar-refractivity contribution in [3.05, 3.63) is 106 Å². The lowest BCUT2D eigenvalue weighted by Gasteiger charge is -2.31. The van der Waals surface area contributed by atoms with Crippen molar-refractivity contribution in [1.29, 1.82) is 0 Å². The monoisotopic (exact) mass is 581 g/mol. The number of rotatable bonds is 6. The summed E-state index contributed by atoms with van der Waals surface area (Å²) >= 11 is 12.8. The fourth-order valence-corrected chi connectivity index (χ4v) is 5.60. The third kappa shape index (κ3) is 5.27. The zero-order valence-electron chi connectivity index (χ0n) is 22.0. The Labute approximate surface area is 245 Å². The average Bonchev–Trinajstić information content (AvgIpc) is 2.94. The van der Waals surface area contributed by atoms with Gasteiger partial charge in [-0.15, -0.1) is 0 Å². The highest BCUT2D eigenvalue weighted by Crippen LogP contribution is 2.28. The van der Waals surface area contributed by atoms with Gasteiger partial charge in [0.2, 0.25) is 0 Å². The van der Waals surface area contributed by atoms with Gasteiger partial charge >= 0.3 is 0 Å². The Hall–Kier alpha value is -4.30. The van der Waals surface area contributed by atoms with Gasteiger partial charge in [0.05, 0.1) is 33.2 Å². The number of aromatic nitrogens is 2. The fraction of sp³-hybridized carbons (Fsp3) is 0.125. The van der Waals surface area contributed by atoms with Gasteiger partial charge in [-0.2, -0.15) is 0 Å².